The number of likely N-dealkylation sites (tertiary alicyclic amines) is 1. The van der Waals surface area contributed by atoms with Gasteiger partial charge in [0.1, 0.15) is 0 Å². The summed E-state index contributed by atoms with van der Waals surface area (Å²) in [7, 11) is 1.99. The van der Waals surface area contributed by atoms with Crippen LogP contribution in [0.1, 0.15) is 44.1 Å². The first-order valence-electron chi connectivity index (χ1n) is 10.5. The second kappa shape index (κ2) is 8.51. The maximum absolute atomic E-state index is 13.2. The number of hydrogen-bond acceptors (Lipinski definition) is 3. The molecule has 1 amide bonds. The SMILES string of the molecule is CN(C(=O)Cc1ccc(Cl)c(Cl)c1)[C@H]1C[C@@]2(CCOC2)CC[C@@H]1N1CCCC1. The van der Waals surface area contributed by atoms with Crippen molar-refractivity contribution >= 4 is 29.1 Å². The zero-order valence-electron chi connectivity index (χ0n) is 16.6. The van der Waals surface area contributed by atoms with Gasteiger partial charge in [0, 0.05) is 25.7 Å². The Morgan fingerprint density at radius 3 is 2.71 bits per heavy atom. The van der Waals surface area contributed by atoms with Gasteiger partial charge in [-0.15, -0.1) is 0 Å². The molecule has 2 saturated heterocycles. The van der Waals surface area contributed by atoms with E-state index in [1.807, 2.05) is 18.0 Å². The summed E-state index contributed by atoms with van der Waals surface area (Å²) >= 11 is 12.2. The summed E-state index contributed by atoms with van der Waals surface area (Å²) in [5.74, 6) is 0.156. The largest absolute Gasteiger partial charge is 0.381 e. The van der Waals surface area contributed by atoms with E-state index in [1.165, 1.54) is 38.8 Å². The van der Waals surface area contributed by atoms with Gasteiger partial charge >= 0.3 is 0 Å². The lowest BCUT2D eigenvalue weighted by molar-refractivity contribution is -0.134. The lowest BCUT2D eigenvalue weighted by atomic mass is 9.69. The lowest BCUT2D eigenvalue weighted by Gasteiger charge is -2.48. The predicted molar refractivity (Wildman–Crippen MR) is 113 cm³/mol. The number of carbonyl (C=O) groups is 1. The summed E-state index contributed by atoms with van der Waals surface area (Å²) in [5, 5.41) is 1.03. The number of hydrogen-bond donors (Lipinski definition) is 0. The first-order valence-corrected chi connectivity index (χ1v) is 11.2. The monoisotopic (exact) mass is 424 g/mol. The van der Waals surface area contributed by atoms with Crippen molar-refractivity contribution in [2.24, 2.45) is 5.41 Å². The average Bonchev–Trinajstić information content (AvgIpc) is 3.37. The summed E-state index contributed by atoms with van der Waals surface area (Å²) in [4.78, 5) is 17.8. The lowest BCUT2D eigenvalue weighted by Crippen LogP contribution is -2.57. The number of rotatable bonds is 4. The number of nitrogens with zero attached hydrogens (tertiary/aromatic N) is 2. The van der Waals surface area contributed by atoms with Crippen molar-refractivity contribution in [1.82, 2.24) is 9.80 Å². The van der Waals surface area contributed by atoms with Gasteiger partial charge in [0.25, 0.3) is 0 Å². The molecule has 0 radical (unpaired) electrons. The number of carbonyl (C=O) groups excluding carboxylic acids is 1. The third kappa shape index (κ3) is 4.21. The zero-order chi connectivity index (χ0) is 19.7. The first-order chi connectivity index (χ1) is 13.5. The Bertz CT molecular complexity index is 714. The van der Waals surface area contributed by atoms with Crippen molar-refractivity contribution in [3.05, 3.63) is 33.8 Å². The number of amides is 1. The number of likely N-dealkylation sites (N-methyl/N-ethyl adjacent to an activating group) is 1. The summed E-state index contributed by atoms with van der Waals surface area (Å²) in [6.45, 7) is 4.05. The molecule has 0 bridgehead atoms. The number of ether oxygens (including phenoxy) is 1. The van der Waals surface area contributed by atoms with Gasteiger partial charge in [-0.2, -0.15) is 0 Å². The molecule has 3 fully saturated rings. The maximum atomic E-state index is 13.2. The molecule has 0 unspecified atom stereocenters. The van der Waals surface area contributed by atoms with Gasteiger partial charge < -0.3 is 9.64 Å². The Kier molecular flexibility index (Phi) is 6.22. The fourth-order valence-electron chi connectivity index (χ4n) is 5.36. The molecule has 2 aliphatic heterocycles. The van der Waals surface area contributed by atoms with E-state index in [0.29, 0.717) is 22.5 Å². The van der Waals surface area contributed by atoms with E-state index in [0.717, 1.165) is 31.6 Å². The van der Waals surface area contributed by atoms with E-state index >= 15 is 0 Å². The highest BCUT2D eigenvalue weighted by Gasteiger charge is 2.47. The van der Waals surface area contributed by atoms with Crippen molar-refractivity contribution in [2.45, 2.75) is 57.0 Å². The fraction of sp³-hybridized carbons (Fsp3) is 0.682. The van der Waals surface area contributed by atoms with E-state index in [2.05, 4.69) is 4.90 Å². The van der Waals surface area contributed by atoms with Gasteiger partial charge in [-0.25, -0.2) is 0 Å². The minimum Gasteiger partial charge on any atom is -0.381 e. The normalized spacial score (nSPS) is 30.8. The molecule has 4 rings (SSSR count). The summed E-state index contributed by atoms with van der Waals surface area (Å²) in [6.07, 6.45) is 7.48. The van der Waals surface area contributed by atoms with E-state index in [1.54, 1.807) is 12.1 Å². The van der Waals surface area contributed by atoms with Gasteiger partial charge in [-0.05, 0) is 74.7 Å². The van der Waals surface area contributed by atoms with Gasteiger partial charge in [-0.1, -0.05) is 29.3 Å². The highest BCUT2D eigenvalue weighted by atomic mass is 35.5. The van der Waals surface area contributed by atoms with Crippen LogP contribution in [0.2, 0.25) is 10.0 Å². The van der Waals surface area contributed by atoms with Crippen LogP contribution in [-0.4, -0.2) is 61.1 Å². The van der Waals surface area contributed by atoms with Crippen LogP contribution >= 0.6 is 23.2 Å². The zero-order valence-corrected chi connectivity index (χ0v) is 18.1. The standard InChI is InChI=1S/C22H30Cl2N2O2/c1-25(21(27)13-16-4-5-17(23)18(24)12-16)20-14-22(8-11-28-15-22)7-6-19(20)26-9-2-3-10-26/h4-5,12,19-20H,2-3,6-11,13-15H2,1H3/t19-,20-,22-/m0/s1. The number of halogens is 2. The molecule has 0 aromatic heterocycles. The van der Waals surface area contributed by atoms with Crippen molar-refractivity contribution < 1.29 is 9.53 Å². The second-order valence-electron chi connectivity index (χ2n) is 8.85. The minimum atomic E-state index is 0.156. The van der Waals surface area contributed by atoms with Crippen molar-refractivity contribution in [3.63, 3.8) is 0 Å². The third-order valence-electron chi connectivity index (χ3n) is 7.08. The molecule has 1 aromatic carbocycles. The highest BCUT2D eigenvalue weighted by Crippen LogP contribution is 2.45. The molecule has 3 aliphatic rings. The molecule has 154 valence electrons. The molecular formula is C22H30Cl2N2O2. The molecule has 1 saturated carbocycles. The maximum Gasteiger partial charge on any atom is 0.227 e. The van der Waals surface area contributed by atoms with Crippen LogP contribution in [0.4, 0.5) is 0 Å². The van der Waals surface area contributed by atoms with E-state index in [4.69, 9.17) is 27.9 Å². The molecule has 2 heterocycles. The van der Waals surface area contributed by atoms with Crippen molar-refractivity contribution in [2.75, 3.05) is 33.4 Å². The van der Waals surface area contributed by atoms with E-state index in [-0.39, 0.29) is 17.4 Å². The second-order valence-corrected chi connectivity index (χ2v) is 9.67. The van der Waals surface area contributed by atoms with E-state index < -0.39 is 0 Å². The van der Waals surface area contributed by atoms with Gasteiger partial charge in [-0.3, -0.25) is 9.69 Å². The Morgan fingerprint density at radius 2 is 2.04 bits per heavy atom. The van der Waals surface area contributed by atoms with Crippen molar-refractivity contribution in [3.8, 4) is 0 Å². The third-order valence-corrected chi connectivity index (χ3v) is 7.82. The molecule has 4 nitrogen and oxygen atoms in total. The molecular weight excluding hydrogens is 395 g/mol. The van der Waals surface area contributed by atoms with Crippen LogP contribution < -0.4 is 0 Å². The van der Waals surface area contributed by atoms with Crippen LogP contribution in [0.3, 0.4) is 0 Å². The summed E-state index contributed by atoms with van der Waals surface area (Å²) in [5.41, 5.74) is 1.18. The minimum absolute atomic E-state index is 0.156. The summed E-state index contributed by atoms with van der Waals surface area (Å²) in [6, 6.07) is 6.19. The summed E-state index contributed by atoms with van der Waals surface area (Å²) < 4.78 is 5.76. The molecule has 1 spiro atoms. The Morgan fingerprint density at radius 1 is 1.25 bits per heavy atom. The molecule has 3 atom stereocenters. The Balaban J connectivity index is 1.50. The van der Waals surface area contributed by atoms with Crippen LogP contribution in [-0.2, 0) is 16.0 Å². The van der Waals surface area contributed by atoms with Crippen LogP contribution in [0.25, 0.3) is 0 Å². The quantitative estimate of drug-likeness (QED) is 0.716. The smallest absolute Gasteiger partial charge is 0.227 e. The molecule has 1 aromatic rings. The first kappa shape index (κ1) is 20.5. The fourth-order valence-corrected chi connectivity index (χ4v) is 5.68. The Labute approximate surface area is 178 Å². The highest BCUT2D eigenvalue weighted by molar-refractivity contribution is 6.42. The van der Waals surface area contributed by atoms with Crippen LogP contribution in [0, 0.1) is 5.41 Å². The van der Waals surface area contributed by atoms with Crippen LogP contribution in [0.5, 0.6) is 0 Å². The van der Waals surface area contributed by atoms with Crippen LogP contribution in [0.15, 0.2) is 18.2 Å². The topological polar surface area (TPSA) is 32.8 Å². The Hall–Kier alpha value is -0.810. The van der Waals surface area contributed by atoms with Crippen molar-refractivity contribution in [1.29, 1.82) is 0 Å². The van der Waals surface area contributed by atoms with Gasteiger partial charge in [0.2, 0.25) is 5.91 Å². The molecule has 28 heavy (non-hydrogen) atoms. The van der Waals surface area contributed by atoms with E-state index in [9.17, 15) is 4.79 Å². The number of benzene rings is 1. The predicted octanol–water partition coefficient (Wildman–Crippen LogP) is 4.42. The molecule has 6 heteroatoms. The average molecular weight is 425 g/mol. The molecule has 0 N–H and O–H groups in total. The van der Waals surface area contributed by atoms with Gasteiger partial charge in [0.05, 0.1) is 23.1 Å². The van der Waals surface area contributed by atoms with Gasteiger partial charge in [0.15, 0.2) is 0 Å². The molecule has 1 aliphatic carbocycles.